The van der Waals surface area contributed by atoms with Crippen molar-refractivity contribution >= 4 is 17.2 Å². The molecule has 1 aliphatic carbocycles. The van der Waals surface area contributed by atoms with Gasteiger partial charge in [0.25, 0.3) is 5.91 Å². The second kappa shape index (κ2) is 8.89. The monoisotopic (exact) mass is 503 g/mol. The highest BCUT2D eigenvalue weighted by atomic mass is 32.1. The molecule has 182 valence electrons. The lowest BCUT2D eigenvalue weighted by molar-refractivity contribution is -0.140. The Morgan fingerprint density at radius 2 is 2.06 bits per heavy atom. The van der Waals surface area contributed by atoms with Crippen LogP contribution in [0.3, 0.4) is 0 Å². The van der Waals surface area contributed by atoms with Gasteiger partial charge in [0, 0.05) is 24.4 Å². The maximum Gasteiger partial charge on any atom is 0.435 e. The minimum atomic E-state index is -4.75. The molecule has 2 N–H and O–H groups in total. The fourth-order valence-electron chi connectivity index (χ4n) is 3.92. The second-order valence-corrected chi connectivity index (χ2v) is 8.85. The molecule has 4 aromatic heterocycles. The molecule has 1 saturated carbocycles. The predicted molar refractivity (Wildman–Crippen MR) is 121 cm³/mol. The number of pyridine rings is 1. The average Bonchev–Trinajstić information content (AvgIpc) is 3.53. The molecule has 35 heavy (non-hydrogen) atoms. The van der Waals surface area contributed by atoms with Gasteiger partial charge in [0.1, 0.15) is 22.1 Å². The Kier molecular flexibility index (Phi) is 5.89. The van der Waals surface area contributed by atoms with E-state index < -0.39 is 17.8 Å². The van der Waals surface area contributed by atoms with Crippen molar-refractivity contribution in [1.29, 1.82) is 0 Å². The highest BCUT2D eigenvalue weighted by Gasteiger charge is 2.39. The molecule has 0 spiro atoms. The van der Waals surface area contributed by atoms with Crippen LogP contribution in [0.4, 0.5) is 13.2 Å². The number of nitrogens with two attached hydrogens (primary N) is 1. The standard InChI is InChI=1S/C22H20F3N7O2S/c1-2-34-13-7-12(8-13)31-10-17(18(29-31)15-5-3-4-6-27-15)32-9-14(19(30-32)22(23,24)25)21-28-16(11-35-21)20(26)33/h3-6,9-13H,2,7-8H2,1H3,(H2,26,33). The van der Waals surface area contributed by atoms with E-state index in [9.17, 15) is 18.0 Å². The Hall–Kier alpha value is -3.58. The Labute approximate surface area is 201 Å². The summed E-state index contributed by atoms with van der Waals surface area (Å²) < 4.78 is 50.3. The van der Waals surface area contributed by atoms with Crippen molar-refractivity contribution < 1.29 is 22.7 Å². The molecule has 0 bridgehead atoms. The third-order valence-corrected chi connectivity index (χ3v) is 6.56. The number of hydrogen-bond acceptors (Lipinski definition) is 7. The second-order valence-electron chi connectivity index (χ2n) is 8.00. The Bertz CT molecular complexity index is 1360. The molecule has 4 heterocycles. The highest BCUT2D eigenvalue weighted by Crippen LogP contribution is 2.40. The molecule has 1 aliphatic rings. The third-order valence-electron chi connectivity index (χ3n) is 5.68. The maximum atomic E-state index is 13.9. The number of halogens is 3. The zero-order chi connectivity index (χ0) is 24.7. The number of carbonyl (C=O) groups excluding carboxylic acids is 1. The van der Waals surface area contributed by atoms with E-state index in [1.54, 1.807) is 35.3 Å². The lowest BCUT2D eigenvalue weighted by atomic mass is 9.89. The zero-order valence-electron chi connectivity index (χ0n) is 18.4. The van der Waals surface area contributed by atoms with E-state index in [4.69, 9.17) is 10.5 Å². The Morgan fingerprint density at radius 3 is 2.69 bits per heavy atom. The Morgan fingerprint density at radius 1 is 1.26 bits per heavy atom. The van der Waals surface area contributed by atoms with E-state index >= 15 is 0 Å². The van der Waals surface area contributed by atoms with E-state index in [2.05, 4.69) is 20.2 Å². The third kappa shape index (κ3) is 4.44. The van der Waals surface area contributed by atoms with Crippen molar-refractivity contribution in [2.24, 2.45) is 5.73 Å². The number of thiazole rings is 1. The number of alkyl halides is 3. The molecule has 5 rings (SSSR count). The van der Waals surface area contributed by atoms with E-state index in [1.165, 1.54) is 11.6 Å². The average molecular weight is 504 g/mol. The van der Waals surface area contributed by atoms with Gasteiger partial charge in [-0.15, -0.1) is 11.3 Å². The van der Waals surface area contributed by atoms with Crippen molar-refractivity contribution in [3.63, 3.8) is 0 Å². The van der Waals surface area contributed by atoms with Crippen molar-refractivity contribution in [3.8, 4) is 27.6 Å². The molecule has 1 fully saturated rings. The van der Waals surface area contributed by atoms with Gasteiger partial charge >= 0.3 is 6.18 Å². The minimum Gasteiger partial charge on any atom is -0.378 e. The highest BCUT2D eigenvalue weighted by molar-refractivity contribution is 7.13. The summed E-state index contributed by atoms with van der Waals surface area (Å²) in [4.78, 5) is 19.7. The first kappa shape index (κ1) is 23.2. The van der Waals surface area contributed by atoms with Gasteiger partial charge < -0.3 is 10.5 Å². The maximum absolute atomic E-state index is 13.9. The number of carbonyl (C=O) groups is 1. The van der Waals surface area contributed by atoms with Crippen LogP contribution in [0, 0.1) is 0 Å². The number of amides is 1. The topological polar surface area (TPSA) is 114 Å². The summed E-state index contributed by atoms with van der Waals surface area (Å²) in [5.74, 6) is -0.821. The van der Waals surface area contributed by atoms with Crippen LogP contribution in [0.25, 0.3) is 27.6 Å². The number of primary amides is 1. The Balaban J connectivity index is 1.60. The number of rotatable bonds is 7. The van der Waals surface area contributed by atoms with Crippen molar-refractivity contribution in [1.82, 2.24) is 29.5 Å². The normalized spacial score (nSPS) is 17.9. The van der Waals surface area contributed by atoms with Crippen LogP contribution >= 0.6 is 11.3 Å². The van der Waals surface area contributed by atoms with Crippen LogP contribution in [-0.4, -0.2) is 48.1 Å². The summed E-state index contributed by atoms with van der Waals surface area (Å²) in [7, 11) is 0. The van der Waals surface area contributed by atoms with Crippen LogP contribution in [-0.2, 0) is 10.9 Å². The molecule has 1 amide bonds. The molecule has 0 unspecified atom stereocenters. The van der Waals surface area contributed by atoms with Gasteiger partial charge in [-0.25, -0.2) is 9.67 Å². The summed E-state index contributed by atoms with van der Waals surface area (Å²) in [6.45, 7) is 2.55. The molecule has 9 nitrogen and oxygen atoms in total. The lowest BCUT2D eigenvalue weighted by Gasteiger charge is -2.34. The predicted octanol–water partition coefficient (Wildman–Crippen LogP) is 4.11. The molecule has 4 aromatic rings. The van der Waals surface area contributed by atoms with Gasteiger partial charge in [-0.1, -0.05) is 6.07 Å². The van der Waals surface area contributed by atoms with E-state index in [0.29, 0.717) is 23.7 Å². The van der Waals surface area contributed by atoms with E-state index in [-0.39, 0.29) is 28.4 Å². The first-order valence-corrected chi connectivity index (χ1v) is 11.7. The van der Waals surface area contributed by atoms with E-state index in [0.717, 1.165) is 28.9 Å². The zero-order valence-corrected chi connectivity index (χ0v) is 19.3. The quantitative estimate of drug-likeness (QED) is 0.406. The smallest absolute Gasteiger partial charge is 0.378 e. The van der Waals surface area contributed by atoms with Gasteiger partial charge in [-0.05, 0) is 31.9 Å². The molecular formula is C22H20F3N7O2S. The molecule has 0 aromatic carbocycles. The van der Waals surface area contributed by atoms with Gasteiger partial charge in [0.15, 0.2) is 5.69 Å². The number of aromatic nitrogens is 6. The van der Waals surface area contributed by atoms with Crippen molar-refractivity contribution in [3.05, 3.63) is 53.6 Å². The lowest BCUT2D eigenvalue weighted by Crippen LogP contribution is -2.33. The summed E-state index contributed by atoms with van der Waals surface area (Å²) in [6.07, 6.45) is 1.39. The van der Waals surface area contributed by atoms with Crippen LogP contribution in [0.2, 0.25) is 0 Å². The summed E-state index contributed by atoms with van der Waals surface area (Å²) >= 11 is 0.886. The minimum absolute atomic E-state index is 0.0114. The van der Waals surface area contributed by atoms with Gasteiger partial charge in [-0.2, -0.15) is 23.4 Å². The molecule has 0 saturated heterocycles. The SMILES string of the molecule is CCOC1CC(n2cc(-n3cc(-c4nc(C(N)=O)cs4)c(C(F)(F)F)n3)c(-c3ccccn3)n2)C1. The number of ether oxygens (including phenoxy) is 1. The van der Waals surface area contributed by atoms with E-state index in [1.807, 2.05) is 6.92 Å². The first-order chi connectivity index (χ1) is 16.7. The fraction of sp³-hybridized carbons (Fsp3) is 0.318. The first-order valence-electron chi connectivity index (χ1n) is 10.8. The van der Waals surface area contributed by atoms with Crippen LogP contribution < -0.4 is 5.73 Å². The molecule has 0 aliphatic heterocycles. The molecule has 0 atom stereocenters. The molecule has 13 heteroatoms. The number of hydrogen-bond donors (Lipinski definition) is 1. The van der Waals surface area contributed by atoms with Crippen molar-refractivity contribution in [2.75, 3.05) is 6.61 Å². The largest absolute Gasteiger partial charge is 0.435 e. The molecule has 0 radical (unpaired) electrons. The van der Waals surface area contributed by atoms with Gasteiger partial charge in [0.2, 0.25) is 0 Å². The van der Waals surface area contributed by atoms with Gasteiger partial charge in [-0.3, -0.25) is 14.5 Å². The van der Waals surface area contributed by atoms with Gasteiger partial charge in [0.05, 0.1) is 29.6 Å². The summed E-state index contributed by atoms with van der Waals surface area (Å²) in [5, 5.41) is 9.83. The molecular weight excluding hydrogens is 483 g/mol. The van der Waals surface area contributed by atoms with Crippen LogP contribution in [0.1, 0.15) is 42.0 Å². The number of nitrogens with zero attached hydrogens (tertiary/aromatic N) is 6. The summed E-state index contributed by atoms with van der Waals surface area (Å²) in [5.41, 5.74) is 4.97. The van der Waals surface area contributed by atoms with Crippen LogP contribution in [0.5, 0.6) is 0 Å². The van der Waals surface area contributed by atoms with Crippen molar-refractivity contribution in [2.45, 2.75) is 38.1 Å². The summed E-state index contributed by atoms with van der Waals surface area (Å²) in [6, 6.07) is 5.30. The fourth-order valence-corrected chi connectivity index (χ4v) is 4.74. The van der Waals surface area contributed by atoms with Crippen LogP contribution in [0.15, 0.2) is 42.2 Å².